The molecular formula is C21H26O7. The molecule has 0 unspecified atom stereocenters. The van der Waals surface area contributed by atoms with Gasteiger partial charge in [0, 0.05) is 19.8 Å². The summed E-state index contributed by atoms with van der Waals surface area (Å²) >= 11 is 0. The van der Waals surface area contributed by atoms with E-state index < -0.39 is 23.8 Å². The molecule has 0 saturated carbocycles. The van der Waals surface area contributed by atoms with Crippen LogP contribution in [0, 0.1) is 0 Å². The van der Waals surface area contributed by atoms with Gasteiger partial charge in [0.2, 0.25) is 11.6 Å². The molecular weight excluding hydrogens is 364 g/mol. The average molecular weight is 390 g/mol. The second kappa shape index (κ2) is 6.56. The van der Waals surface area contributed by atoms with Crippen LogP contribution in [0.15, 0.2) is 23.8 Å². The molecule has 0 spiro atoms. The Morgan fingerprint density at radius 2 is 1.71 bits per heavy atom. The van der Waals surface area contributed by atoms with Crippen molar-refractivity contribution in [2.75, 3.05) is 21.3 Å². The predicted octanol–water partition coefficient (Wildman–Crippen LogP) is 2.92. The first-order valence-corrected chi connectivity index (χ1v) is 9.32. The molecule has 28 heavy (non-hydrogen) atoms. The summed E-state index contributed by atoms with van der Waals surface area (Å²) in [4.78, 5) is 12.7. The number of esters is 1. The molecule has 1 saturated heterocycles. The summed E-state index contributed by atoms with van der Waals surface area (Å²) in [6.07, 6.45) is -0.817. The lowest BCUT2D eigenvalue weighted by Gasteiger charge is -2.55. The standard InChI is InChI=1S/C21H26O7/c1-11-9-15-17(28-21(3,25-6)20(2,24-5)27-15)18-16(11)14-10-12(23-4)7-8-13(14)19(22)26-18/h7-8,10,15,17-18H,9H2,1-6H3/t15-,17+,18+,20+,21+/m1/s1. The van der Waals surface area contributed by atoms with E-state index in [1.807, 2.05) is 13.0 Å². The van der Waals surface area contributed by atoms with Gasteiger partial charge < -0.3 is 28.4 Å². The monoisotopic (exact) mass is 390 g/mol. The van der Waals surface area contributed by atoms with Crippen molar-refractivity contribution in [3.05, 3.63) is 34.9 Å². The first kappa shape index (κ1) is 19.4. The lowest BCUT2D eigenvalue weighted by atomic mass is 9.78. The smallest absolute Gasteiger partial charge is 0.339 e. The average Bonchev–Trinajstić information content (AvgIpc) is 2.69. The highest BCUT2D eigenvalue weighted by molar-refractivity contribution is 6.00. The summed E-state index contributed by atoms with van der Waals surface area (Å²) < 4.78 is 35.1. The van der Waals surface area contributed by atoms with E-state index in [9.17, 15) is 4.79 Å². The van der Waals surface area contributed by atoms with Crippen LogP contribution in [0.5, 0.6) is 5.75 Å². The number of fused-ring (bicyclic) bond motifs is 5. The molecule has 4 rings (SSSR count). The van der Waals surface area contributed by atoms with Crippen LogP contribution in [-0.4, -0.2) is 57.2 Å². The maximum absolute atomic E-state index is 12.7. The summed E-state index contributed by atoms with van der Waals surface area (Å²) in [6, 6.07) is 5.37. The topological polar surface area (TPSA) is 72.5 Å². The number of carbonyl (C=O) groups is 1. The first-order chi connectivity index (χ1) is 13.3. The summed E-state index contributed by atoms with van der Waals surface area (Å²) in [7, 11) is 4.70. The van der Waals surface area contributed by atoms with Crippen molar-refractivity contribution in [3.63, 3.8) is 0 Å². The summed E-state index contributed by atoms with van der Waals surface area (Å²) in [5.41, 5.74) is 3.37. The van der Waals surface area contributed by atoms with E-state index in [0.717, 1.165) is 16.7 Å². The Hall–Kier alpha value is -1.93. The summed E-state index contributed by atoms with van der Waals surface area (Å²) in [5, 5.41) is 0. The van der Waals surface area contributed by atoms with E-state index in [4.69, 9.17) is 28.4 Å². The molecule has 5 atom stereocenters. The van der Waals surface area contributed by atoms with Crippen LogP contribution < -0.4 is 4.74 Å². The molecule has 1 aromatic rings. The van der Waals surface area contributed by atoms with Crippen molar-refractivity contribution in [2.24, 2.45) is 0 Å². The van der Waals surface area contributed by atoms with Crippen LogP contribution in [0.25, 0.3) is 5.57 Å². The SMILES string of the molecule is COc1ccc2c(c1)C1=C(C)C[C@H]3O[C@](C)(OC)[C@@](C)(OC)O[C@@H]3[C@H]1OC2=O. The molecule has 3 aliphatic rings. The Labute approximate surface area is 164 Å². The van der Waals surface area contributed by atoms with Crippen LogP contribution in [0.1, 0.15) is 43.1 Å². The molecule has 0 N–H and O–H groups in total. The van der Waals surface area contributed by atoms with E-state index in [2.05, 4.69) is 0 Å². The maximum Gasteiger partial charge on any atom is 0.339 e. The molecule has 1 fully saturated rings. The fourth-order valence-corrected chi connectivity index (χ4v) is 4.35. The lowest BCUT2D eigenvalue weighted by molar-refractivity contribution is -0.452. The van der Waals surface area contributed by atoms with E-state index in [1.165, 1.54) is 0 Å². The molecule has 152 valence electrons. The predicted molar refractivity (Wildman–Crippen MR) is 100.0 cm³/mol. The molecule has 0 bridgehead atoms. The quantitative estimate of drug-likeness (QED) is 0.735. The van der Waals surface area contributed by atoms with Gasteiger partial charge in [-0.1, -0.05) is 5.57 Å². The molecule has 0 radical (unpaired) electrons. The van der Waals surface area contributed by atoms with Crippen molar-refractivity contribution < 1.29 is 33.2 Å². The van der Waals surface area contributed by atoms with E-state index in [-0.39, 0.29) is 12.1 Å². The third-order valence-electron chi connectivity index (χ3n) is 6.23. The summed E-state index contributed by atoms with van der Waals surface area (Å²) in [6.45, 7) is 5.58. The van der Waals surface area contributed by atoms with Gasteiger partial charge in [0.1, 0.15) is 11.9 Å². The van der Waals surface area contributed by atoms with Gasteiger partial charge >= 0.3 is 5.97 Å². The third-order valence-corrected chi connectivity index (χ3v) is 6.23. The van der Waals surface area contributed by atoms with Crippen LogP contribution in [0.4, 0.5) is 0 Å². The number of benzene rings is 1. The third kappa shape index (κ3) is 2.61. The Balaban J connectivity index is 1.81. The van der Waals surface area contributed by atoms with Gasteiger partial charge in [0.25, 0.3) is 0 Å². The minimum absolute atomic E-state index is 0.332. The Bertz CT molecular complexity index is 847. The van der Waals surface area contributed by atoms with Crippen LogP contribution in [0.2, 0.25) is 0 Å². The van der Waals surface area contributed by atoms with Crippen molar-refractivity contribution in [1.29, 1.82) is 0 Å². The van der Waals surface area contributed by atoms with E-state index in [0.29, 0.717) is 17.7 Å². The number of rotatable bonds is 3. The highest BCUT2D eigenvalue weighted by Gasteiger charge is 2.60. The zero-order valence-electron chi connectivity index (χ0n) is 17.0. The van der Waals surface area contributed by atoms with Crippen molar-refractivity contribution in [1.82, 2.24) is 0 Å². The normalized spacial score (nSPS) is 36.9. The second-order valence-corrected chi connectivity index (χ2v) is 7.67. The van der Waals surface area contributed by atoms with E-state index in [1.54, 1.807) is 47.3 Å². The number of hydrogen-bond donors (Lipinski definition) is 0. The van der Waals surface area contributed by atoms with Crippen molar-refractivity contribution >= 4 is 11.5 Å². The van der Waals surface area contributed by atoms with Crippen molar-refractivity contribution in [3.8, 4) is 5.75 Å². The van der Waals surface area contributed by atoms with Gasteiger partial charge in [0.05, 0.1) is 18.8 Å². The molecule has 1 aromatic carbocycles. The molecule has 7 nitrogen and oxygen atoms in total. The Morgan fingerprint density at radius 3 is 2.36 bits per heavy atom. The van der Waals surface area contributed by atoms with Crippen molar-refractivity contribution in [2.45, 2.75) is 57.1 Å². The molecule has 7 heteroatoms. The number of carbonyl (C=O) groups excluding carboxylic acids is 1. The highest BCUT2D eigenvalue weighted by Crippen LogP contribution is 2.49. The van der Waals surface area contributed by atoms with Gasteiger partial charge in [-0.05, 0) is 51.0 Å². The second-order valence-electron chi connectivity index (χ2n) is 7.67. The fourth-order valence-electron chi connectivity index (χ4n) is 4.35. The fraction of sp³-hybridized carbons (Fsp3) is 0.571. The van der Waals surface area contributed by atoms with Gasteiger partial charge in [-0.25, -0.2) is 4.79 Å². The number of methoxy groups -OCH3 is 3. The molecule has 0 aromatic heterocycles. The Kier molecular flexibility index (Phi) is 4.54. The molecule has 1 aliphatic carbocycles. The maximum atomic E-state index is 12.7. The van der Waals surface area contributed by atoms with Gasteiger partial charge in [-0.15, -0.1) is 0 Å². The Morgan fingerprint density at radius 1 is 1.04 bits per heavy atom. The first-order valence-electron chi connectivity index (χ1n) is 9.32. The van der Waals surface area contributed by atoms with Crippen LogP contribution in [-0.2, 0) is 23.7 Å². The zero-order chi connectivity index (χ0) is 20.3. The highest BCUT2D eigenvalue weighted by atomic mass is 16.8. The number of hydrogen-bond acceptors (Lipinski definition) is 7. The molecule has 0 amide bonds. The van der Waals surface area contributed by atoms with Gasteiger partial charge in [-0.3, -0.25) is 0 Å². The zero-order valence-corrected chi connectivity index (χ0v) is 17.0. The molecule has 2 aliphatic heterocycles. The van der Waals surface area contributed by atoms with Gasteiger partial charge in [-0.2, -0.15) is 0 Å². The minimum atomic E-state index is -1.17. The van der Waals surface area contributed by atoms with Gasteiger partial charge in [0.15, 0.2) is 6.10 Å². The number of ether oxygens (including phenoxy) is 6. The minimum Gasteiger partial charge on any atom is -0.497 e. The van der Waals surface area contributed by atoms with Crippen LogP contribution >= 0.6 is 0 Å². The van der Waals surface area contributed by atoms with Crippen LogP contribution in [0.3, 0.4) is 0 Å². The molecule has 2 heterocycles. The largest absolute Gasteiger partial charge is 0.497 e. The van der Waals surface area contributed by atoms with E-state index >= 15 is 0 Å². The summed E-state index contributed by atoms with van der Waals surface area (Å²) in [5.74, 6) is -1.97. The lowest BCUT2D eigenvalue weighted by Crippen LogP contribution is -2.68.